The van der Waals surface area contributed by atoms with E-state index in [-0.39, 0.29) is 0 Å². The van der Waals surface area contributed by atoms with Gasteiger partial charge in [-0.25, -0.2) is 4.98 Å². The molecule has 1 aromatic heterocycles. The highest BCUT2D eigenvalue weighted by molar-refractivity contribution is 9.09. The molecule has 3 nitrogen and oxygen atoms in total. The number of aromatic nitrogens is 1. The molecule has 0 spiro atoms. The maximum atomic E-state index is 5.05. The van der Waals surface area contributed by atoms with Crippen molar-refractivity contribution in [1.29, 1.82) is 0 Å². The molecule has 0 unspecified atom stereocenters. The highest BCUT2D eigenvalue weighted by Crippen LogP contribution is 2.15. The fraction of sp³-hybridized carbons (Fsp3) is 0.500. The third-order valence-electron chi connectivity index (χ3n) is 2.02. The van der Waals surface area contributed by atoms with Crippen LogP contribution in [0, 0.1) is 0 Å². The number of alkyl halides is 1. The molecule has 1 rings (SSSR count). The summed E-state index contributed by atoms with van der Waals surface area (Å²) in [5.41, 5.74) is 0. The van der Waals surface area contributed by atoms with Gasteiger partial charge in [0.2, 0.25) is 0 Å². The van der Waals surface area contributed by atoms with Gasteiger partial charge < -0.3 is 9.64 Å². The van der Waals surface area contributed by atoms with E-state index in [1.54, 1.807) is 13.3 Å². The van der Waals surface area contributed by atoms with Crippen LogP contribution in [0.3, 0.4) is 0 Å². The number of pyridine rings is 1. The molecule has 1 heterocycles. The second-order valence-electron chi connectivity index (χ2n) is 2.82. The van der Waals surface area contributed by atoms with Crippen LogP contribution in [0.2, 0.25) is 0 Å². The van der Waals surface area contributed by atoms with Crippen molar-refractivity contribution in [3.63, 3.8) is 0 Å². The molecule has 0 atom stereocenters. The van der Waals surface area contributed by atoms with Crippen LogP contribution in [0.4, 0.5) is 5.82 Å². The summed E-state index contributed by atoms with van der Waals surface area (Å²) >= 11 is 3.42. The van der Waals surface area contributed by atoms with Gasteiger partial charge in [0.1, 0.15) is 11.6 Å². The first-order valence-electron chi connectivity index (χ1n) is 4.62. The second-order valence-corrected chi connectivity index (χ2v) is 3.62. The summed E-state index contributed by atoms with van der Waals surface area (Å²) in [5, 5.41) is 0.953. The Bertz CT molecular complexity index is 263. The van der Waals surface area contributed by atoms with Crippen molar-refractivity contribution in [3.05, 3.63) is 18.3 Å². The molecular formula is C10H15BrN2O. The topological polar surface area (TPSA) is 25.4 Å². The number of hydrogen-bond donors (Lipinski definition) is 0. The smallest absolute Gasteiger partial charge is 0.137 e. The van der Waals surface area contributed by atoms with Crippen molar-refractivity contribution in [2.75, 3.05) is 30.4 Å². The van der Waals surface area contributed by atoms with Crippen molar-refractivity contribution in [1.82, 2.24) is 4.98 Å². The van der Waals surface area contributed by atoms with Crippen molar-refractivity contribution >= 4 is 21.7 Å². The fourth-order valence-electron chi connectivity index (χ4n) is 1.22. The van der Waals surface area contributed by atoms with E-state index in [9.17, 15) is 0 Å². The lowest BCUT2D eigenvalue weighted by Crippen LogP contribution is -2.25. The number of anilines is 1. The van der Waals surface area contributed by atoms with Crippen LogP contribution in [-0.2, 0) is 0 Å². The predicted molar refractivity (Wildman–Crippen MR) is 62.5 cm³/mol. The van der Waals surface area contributed by atoms with Gasteiger partial charge >= 0.3 is 0 Å². The van der Waals surface area contributed by atoms with Gasteiger partial charge in [0.25, 0.3) is 0 Å². The Hall–Kier alpha value is -0.770. The lowest BCUT2D eigenvalue weighted by atomic mass is 10.4. The van der Waals surface area contributed by atoms with Crippen molar-refractivity contribution in [2.45, 2.75) is 6.92 Å². The summed E-state index contributed by atoms with van der Waals surface area (Å²) in [4.78, 5) is 6.52. The van der Waals surface area contributed by atoms with Gasteiger partial charge in [-0.3, -0.25) is 0 Å². The van der Waals surface area contributed by atoms with Crippen LogP contribution in [0.15, 0.2) is 18.3 Å². The molecule has 0 fully saturated rings. The van der Waals surface area contributed by atoms with Crippen molar-refractivity contribution < 1.29 is 4.74 Å². The molecule has 4 heteroatoms. The number of ether oxygens (including phenoxy) is 1. The van der Waals surface area contributed by atoms with E-state index in [1.807, 2.05) is 12.1 Å². The van der Waals surface area contributed by atoms with E-state index in [4.69, 9.17) is 4.74 Å². The highest BCUT2D eigenvalue weighted by Gasteiger charge is 2.04. The van der Waals surface area contributed by atoms with E-state index in [0.29, 0.717) is 0 Å². The maximum absolute atomic E-state index is 5.05. The largest absolute Gasteiger partial charge is 0.495 e. The van der Waals surface area contributed by atoms with Gasteiger partial charge in [-0.15, -0.1) is 0 Å². The Labute approximate surface area is 93.2 Å². The van der Waals surface area contributed by atoms with Crippen LogP contribution >= 0.6 is 15.9 Å². The molecule has 0 saturated heterocycles. The summed E-state index contributed by atoms with van der Waals surface area (Å²) < 4.78 is 5.05. The summed E-state index contributed by atoms with van der Waals surface area (Å²) in [7, 11) is 1.65. The predicted octanol–water partition coefficient (Wildman–Crippen LogP) is 2.31. The number of halogens is 1. The molecule has 0 aliphatic carbocycles. The molecule has 0 aliphatic heterocycles. The van der Waals surface area contributed by atoms with Crippen LogP contribution in [0.5, 0.6) is 5.75 Å². The molecule has 1 aromatic rings. The third kappa shape index (κ3) is 2.87. The van der Waals surface area contributed by atoms with E-state index in [2.05, 4.69) is 32.7 Å². The van der Waals surface area contributed by atoms with Gasteiger partial charge in [0.15, 0.2) is 0 Å². The molecule has 14 heavy (non-hydrogen) atoms. The fourth-order valence-corrected chi connectivity index (χ4v) is 1.65. The van der Waals surface area contributed by atoms with Gasteiger partial charge in [-0.2, -0.15) is 0 Å². The summed E-state index contributed by atoms with van der Waals surface area (Å²) in [6, 6.07) is 3.91. The lowest BCUT2D eigenvalue weighted by Gasteiger charge is -2.20. The Morgan fingerprint density at radius 3 is 2.71 bits per heavy atom. The number of nitrogens with zero attached hydrogens (tertiary/aromatic N) is 2. The Morgan fingerprint density at radius 1 is 1.50 bits per heavy atom. The molecule has 0 amide bonds. The number of hydrogen-bond acceptors (Lipinski definition) is 3. The van der Waals surface area contributed by atoms with E-state index in [1.165, 1.54) is 0 Å². The summed E-state index contributed by atoms with van der Waals surface area (Å²) in [6.45, 7) is 4.05. The lowest BCUT2D eigenvalue weighted by molar-refractivity contribution is 0.413. The Morgan fingerprint density at radius 2 is 2.29 bits per heavy atom. The minimum absolute atomic E-state index is 0.795. The molecular weight excluding hydrogens is 244 g/mol. The maximum Gasteiger partial charge on any atom is 0.137 e. The molecule has 0 radical (unpaired) electrons. The molecule has 0 saturated carbocycles. The normalized spacial score (nSPS) is 9.93. The van der Waals surface area contributed by atoms with E-state index < -0.39 is 0 Å². The van der Waals surface area contributed by atoms with Crippen LogP contribution in [0.25, 0.3) is 0 Å². The first-order chi connectivity index (χ1) is 6.81. The van der Waals surface area contributed by atoms with Gasteiger partial charge in [-0.05, 0) is 19.1 Å². The quantitative estimate of drug-likeness (QED) is 0.759. The number of rotatable bonds is 5. The highest BCUT2D eigenvalue weighted by atomic mass is 79.9. The van der Waals surface area contributed by atoms with Gasteiger partial charge in [-0.1, -0.05) is 15.9 Å². The van der Waals surface area contributed by atoms with Gasteiger partial charge in [0.05, 0.1) is 13.3 Å². The molecule has 0 bridgehead atoms. The second kappa shape index (κ2) is 5.86. The Balaban J connectivity index is 2.73. The average molecular weight is 259 g/mol. The molecule has 78 valence electrons. The molecule has 0 aliphatic rings. The van der Waals surface area contributed by atoms with E-state index in [0.717, 1.165) is 30.0 Å². The Kier molecular flexibility index (Phi) is 4.73. The summed E-state index contributed by atoms with van der Waals surface area (Å²) in [5.74, 6) is 1.79. The summed E-state index contributed by atoms with van der Waals surface area (Å²) in [6.07, 6.45) is 1.74. The first kappa shape index (κ1) is 11.3. The number of methoxy groups -OCH3 is 1. The zero-order chi connectivity index (χ0) is 10.4. The minimum Gasteiger partial charge on any atom is -0.495 e. The van der Waals surface area contributed by atoms with Crippen LogP contribution in [0.1, 0.15) is 6.92 Å². The molecule has 0 N–H and O–H groups in total. The zero-order valence-corrected chi connectivity index (χ0v) is 10.1. The third-order valence-corrected chi connectivity index (χ3v) is 2.37. The van der Waals surface area contributed by atoms with Crippen molar-refractivity contribution in [2.24, 2.45) is 0 Å². The SMILES string of the molecule is CCN(CCBr)c1ccc(OC)cn1. The van der Waals surface area contributed by atoms with Crippen LogP contribution < -0.4 is 9.64 Å². The van der Waals surface area contributed by atoms with Crippen LogP contribution in [-0.4, -0.2) is 30.5 Å². The molecule has 0 aromatic carbocycles. The average Bonchev–Trinajstić information content (AvgIpc) is 2.26. The van der Waals surface area contributed by atoms with Gasteiger partial charge in [0, 0.05) is 18.4 Å². The van der Waals surface area contributed by atoms with E-state index >= 15 is 0 Å². The monoisotopic (exact) mass is 258 g/mol. The zero-order valence-electron chi connectivity index (χ0n) is 8.53. The van der Waals surface area contributed by atoms with Crippen molar-refractivity contribution in [3.8, 4) is 5.75 Å². The minimum atomic E-state index is 0.795. The standard InChI is InChI=1S/C10H15BrN2O/c1-3-13(7-6-11)10-5-4-9(14-2)8-12-10/h4-5,8H,3,6-7H2,1-2H3. The first-order valence-corrected chi connectivity index (χ1v) is 5.75.